The Morgan fingerprint density at radius 3 is 1.86 bits per heavy atom. The van der Waals surface area contributed by atoms with Gasteiger partial charge in [0.2, 0.25) is 0 Å². The summed E-state index contributed by atoms with van der Waals surface area (Å²) in [6.45, 7) is 4.99. The Morgan fingerprint density at radius 1 is 0.730 bits per heavy atom. The van der Waals surface area contributed by atoms with Gasteiger partial charge in [-0.05, 0) is 43.4 Å². The van der Waals surface area contributed by atoms with E-state index in [9.17, 15) is 9.59 Å². The van der Waals surface area contributed by atoms with Crippen molar-refractivity contribution in [2.45, 2.75) is 40.8 Å². The number of hydrogen-bond donors (Lipinski definition) is 1. The van der Waals surface area contributed by atoms with Crippen LogP contribution in [-0.2, 0) is 25.9 Å². The monoisotopic (exact) mass is 632 g/mol. The number of nitrogens with one attached hydrogen (secondary N) is 1. The summed E-state index contributed by atoms with van der Waals surface area (Å²) in [5.74, 6) is 1.78. The molecular formula is C27H34Br2N6O2. The number of likely N-dealkylation sites (N-methyl/N-ethyl adjacent to an activating group) is 1. The van der Waals surface area contributed by atoms with Crippen LogP contribution in [0, 0.1) is 0 Å². The zero-order valence-corrected chi connectivity index (χ0v) is 22.6. The highest BCUT2D eigenvalue weighted by atomic mass is 79.9. The summed E-state index contributed by atoms with van der Waals surface area (Å²) in [4.78, 5) is 36.2. The van der Waals surface area contributed by atoms with Crippen molar-refractivity contribution in [2.24, 2.45) is 0 Å². The molecule has 0 saturated carbocycles. The highest BCUT2D eigenvalue weighted by Crippen LogP contribution is 2.18. The van der Waals surface area contributed by atoms with E-state index in [0.717, 1.165) is 77.2 Å². The van der Waals surface area contributed by atoms with Gasteiger partial charge in [-0.3, -0.25) is 18.7 Å². The van der Waals surface area contributed by atoms with E-state index in [-0.39, 0.29) is 26.0 Å². The van der Waals surface area contributed by atoms with Gasteiger partial charge in [0.05, 0.1) is 21.8 Å². The van der Waals surface area contributed by atoms with Crippen molar-refractivity contribution in [2.75, 3.05) is 33.2 Å². The molecule has 6 rings (SSSR count). The Labute approximate surface area is 234 Å². The van der Waals surface area contributed by atoms with Crippen LogP contribution < -0.4 is 16.4 Å². The second-order valence-electron chi connectivity index (χ2n) is 8.85. The first-order valence-corrected chi connectivity index (χ1v) is 13.3. The molecule has 0 atom stereocenters. The van der Waals surface area contributed by atoms with Crippen LogP contribution in [0.4, 0.5) is 0 Å². The maximum Gasteiger partial charge on any atom is 0.261 e. The molecule has 1 N–H and O–H groups in total. The number of aromatic nitrogens is 4. The maximum absolute atomic E-state index is 12.4. The predicted molar refractivity (Wildman–Crippen MR) is 159 cm³/mol. The van der Waals surface area contributed by atoms with E-state index in [1.165, 1.54) is 0 Å². The minimum atomic E-state index is 0. The summed E-state index contributed by atoms with van der Waals surface area (Å²) in [6.07, 6.45) is 1.63. The van der Waals surface area contributed by atoms with Gasteiger partial charge in [-0.15, -0.1) is 0 Å². The lowest BCUT2D eigenvalue weighted by Crippen LogP contribution is -2.27. The first kappa shape index (κ1) is 29.2. The van der Waals surface area contributed by atoms with E-state index in [1.54, 1.807) is 4.57 Å². The largest absolute Gasteiger partial charge is 0.315 e. The van der Waals surface area contributed by atoms with Crippen LogP contribution in [0.15, 0.2) is 54.9 Å². The van der Waals surface area contributed by atoms with Crippen molar-refractivity contribution in [1.29, 1.82) is 0 Å². The molecule has 2 aromatic carbocycles. The lowest BCUT2D eigenvalue weighted by Gasteiger charge is -2.11. The number of nitrogens with zero attached hydrogens (tertiary/aromatic N) is 5. The molecule has 10 heteroatoms. The van der Waals surface area contributed by atoms with E-state index in [2.05, 4.69) is 59.1 Å². The summed E-state index contributed by atoms with van der Waals surface area (Å²) < 4.78 is 5.52. The Balaban J connectivity index is 0.000000195. The lowest BCUT2D eigenvalue weighted by molar-refractivity contribution is 0.341. The quantitative estimate of drug-likeness (QED) is 0.312. The van der Waals surface area contributed by atoms with Crippen molar-refractivity contribution in [3.63, 3.8) is 0 Å². The molecule has 0 spiro atoms. The molecule has 0 fully saturated rings. The molecule has 4 aromatic rings. The van der Waals surface area contributed by atoms with E-state index in [4.69, 9.17) is 0 Å². The van der Waals surface area contributed by atoms with Crippen molar-refractivity contribution in [1.82, 2.24) is 29.3 Å². The van der Waals surface area contributed by atoms with Crippen LogP contribution in [0.5, 0.6) is 0 Å². The number of hydrogen-bond acceptors (Lipinski definition) is 6. The average Bonchev–Trinajstić information content (AvgIpc) is 3.18. The topological polar surface area (TPSA) is 85.1 Å². The Hall–Kier alpha value is -2.40. The zero-order valence-electron chi connectivity index (χ0n) is 19.4. The molecule has 2 aliphatic rings. The summed E-state index contributed by atoms with van der Waals surface area (Å²) in [6, 6.07) is 11.3. The molecule has 4 heterocycles. The molecule has 0 aliphatic carbocycles. The first-order valence-electron chi connectivity index (χ1n) is 11.7. The van der Waals surface area contributed by atoms with E-state index < -0.39 is 0 Å². The van der Waals surface area contributed by atoms with E-state index in [0.29, 0.717) is 17.3 Å². The predicted octanol–water partition coefficient (Wildman–Crippen LogP) is 4.22. The molecular weight excluding hydrogens is 600 g/mol. The summed E-state index contributed by atoms with van der Waals surface area (Å²) >= 11 is 6.83. The van der Waals surface area contributed by atoms with Gasteiger partial charge in [0.25, 0.3) is 11.1 Å². The summed E-state index contributed by atoms with van der Waals surface area (Å²) in [7, 11) is 2.08. The van der Waals surface area contributed by atoms with Gasteiger partial charge in [-0.2, -0.15) is 0 Å². The standard InChI is InChI=1S/C13H14BrN3O.C12H12BrN3O.2CH4/c1-16-5-4-12-15-11-8-9(14)2-3-10(11)13(18)17(12)7-6-16;13-8-1-2-9-10(7-8)15-11-3-4-14-5-6-16(11)12(9)17;;/h2-3,8H,4-7H2,1H3;1-2,7,14H,3-6H2;2*1H4. The maximum atomic E-state index is 12.4. The number of fused-ring (bicyclic) bond motifs is 4. The molecule has 2 aliphatic heterocycles. The fourth-order valence-corrected chi connectivity index (χ4v) is 5.21. The van der Waals surface area contributed by atoms with Crippen LogP contribution in [-0.4, -0.2) is 57.2 Å². The SMILES string of the molecule is C.C.CN1CCc2nc3cc(Br)ccc3c(=O)n2CC1.O=c1c2ccc(Br)cc2nc2n1CCNCC2. The van der Waals surface area contributed by atoms with Crippen molar-refractivity contribution < 1.29 is 0 Å². The van der Waals surface area contributed by atoms with Gasteiger partial charge in [-0.25, -0.2) is 9.97 Å². The van der Waals surface area contributed by atoms with Gasteiger partial charge in [0.1, 0.15) is 11.6 Å². The fourth-order valence-electron chi connectivity index (χ4n) is 4.51. The van der Waals surface area contributed by atoms with Crippen LogP contribution in [0.25, 0.3) is 21.8 Å². The molecule has 0 bridgehead atoms. The molecule has 2 aromatic heterocycles. The van der Waals surface area contributed by atoms with Crippen LogP contribution in [0.1, 0.15) is 26.5 Å². The summed E-state index contributed by atoms with van der Waals surface area (Å²) in [5.41, 5.74) is 1.71. The molecule has 37 heavy (non-hydrogen) atoms. The third-order valence-corrected chi connectivity index (χ3v) is 7.44. The number of halogens is 2. The van der Waals surface area contributed by atoms with Gasteiger partial charge in [0.15, 0.2) is 0 Å². The Morgan fingerprint density at radius 2 is 1.27 bits per heavy atom. The minimum Gasteiger partial charge on any atom is -0.315 e. The highest BCUT2D eigenvalue weighted by molar-refractivity contribution is 9.10. The first-order chi connectivity index (χ1) is 16.9. The molecule has 0 unspecified atom stereocenters. The van der Waals surface area contributed by atoms with Gasteiger partial charge >= 0.3 is 0 Å². The fraction of sp³-hybridized carbons (Fsp3) is 0.407. The normalized spacial score (nSPS) is 15.2. The minimum absolute atomic E-state index is 0. The van der Waals surface area contributed by atoms with Gasteiger partial charge in [0, 0.05) is 61.1 Å². The second-order valence-corrected chi connectivity index (χ2v) is 10.7. The molecule has 0 saturated heterocycles. The average molecular weight is 634 g/mol. The van der Waals surface area contributed by atoms with Crippen LogP contribution >= 0.6 is 31.9 Å². The number of benzene rings is 2. The van der Waals surface area contributed by atoms with E-state index >= 15 is 0 Å². The third kappa shape index (κ3) is 6.19. The van der Waals surface area contributed by atoms with Gasteiger partial charge in [-0.1, -0.05) is 46.7 Å². The van der Waals surface area contributed by atoms with Crippen LogP contribution in [0.2, 0.25) is 0 Å². The zero-order chi connectivity index (χ0) is 24.5. The van der Waals surface area contributed by atoms with Crippen LogP contribution in [0.3, 0.4) is 0 Å². The summed E-state index contributed by atoms with van der Waals surface area (Å²) in [5, 5.41) is 4.67. The van der Waals surface area contributed by atoms with Crippen molar-refractivity contribution >= 4 is 53.7 Å². The lowest BCUT2D eigenvalue weighted by atomic mass is 10.2. The number of rotatable bonds is 0. The third-order valence-electron chi connectivity index (χ3n) is 6.45. The second kappa shape index (κ2) is 12.4. The molecule has 8 nitrogen and oxygen atoms in total. The molecule has 0 amide bonds. The molecule has 0 radical (unpaired) electrons. The Kier molecular flexibility index (Phi) is 9.80. The highest BCUT2D eigenvalue weighted by Gasteiger charge is 2.16. The van der Waals surface area contributed by atoms with Crippen molar-refractivity contribution in [3.05, 3.63) is 77.7 Å². The van der Waals surface area contributed by atoms with Crippen molar-refractivity contribution in [3.8, 4) is 0 Å². The Bertz CT molecular complexity index is 1530. The smallest absolute Gasteiger partial charge is 0.261 e. The van der Waals surface area contributed by atoms with Gasteiger partial charge < -0.3 is 10.2 Å². The van der Waals surface area contributed by atoms with E-state index in [1.807, 2.05) is 41.0 Å². The molecule has 198 valence electrons.